The zero-order valence-corrected chi connectivity index (χ0v) is 13.2. The summed E-state index contributed by atoms with van der Waals surface area (Å²) in [4.78, 5) is 0. The van der Waals surface area contributed by atoms with E-state index in [0.717, 1.165) is 31.2 Å². The molecule has 0 radical (unpaired) electrons. The Labute approximate surface area is 126 Å². The van der Waals surface area contributed by atoms with Crippen LogP contribution in [0.3, 0.4) is 0 Å². The summed E-state index contributed by atoms with van der Waals surface area (Å²) in [6.45, 7) is 0. The van der Waals surface area contributed by atoms with Gasteiger partial charge in [0.2, 0.25) is 0 Å². The van der Waals surface area contributed by atoms with Crippen LogP contribution in [0, 0.1) is 5.82 Å². The first-order valence-corrected chi connectivity index (χ1v) is 7.72. The van der Waals surface area contributed by atoms with E-state index in [1.165, 1.54) is 18.9 Å². The third-order valence-corrected chi connectivity index (χ3v) is 4.67. The first kappa shape index (κ1) is 16.2. The summed E-state index contributed by atoms with van der Waals surface area (Å²) < 4.78 is 25.1. The van der Waals surface area contributed by atoms with E-state index in [0.29, 0.717) is 5.75 Å². The van der Waals surface area contributed by atoms with E-state index in [2.05, 4.69) is 5.32 Å². The second-order valence-electron chi connectivity index (χ2n) is 5.79. The van der Waals surface area contributed by atoms with Crippen molar-refractivity contribution < 1.29 is 13.9 Å². The third kappa shape index (κ3) is 3.38. The van der Waals surface area contributed by atoms with Crippen molar-refractivity contribution in [2.45, 2.75) is 50.2 Å². The lowest BCUT2D eigenvalue weighted by Crippen LogP contribution is -2.44. The van der Waals surface area contributed by atoms with Gasteiger partial charge in [-0.15, -0.1) is 0 Å². The lowest BCUT2D eigenvalue weighted by molar-refractivity contribution is -0.0527. The first-order chi connectivity index (χ1) is 10.2. The van der Waals surface area contributed by atoms with Gasteiger partial charge in [0.05, 0.1) is 18.8 Å². The fraction of sp³-hybridized carbons (Fsp3) is 0.647. The Morgan fingerprint density at radius 3 is 2.33 bits per heavy atom. The molecule has 0 bridgehead atoms. The van der Waals surface area contributed by atoms with E-state index >= 15 is 0 Å². The summed E-state index contributed by atoms with van der Waals surface area (Å²) in [6.07, 6.45) is 6.72. The molecule has 2 rings (SSSR count). The van der Waals surface area contributed by atoms with Gasteiger partial charge in [0.15, 0.2) is 0 Å². The van der Waals surface area contributed by atoms with E-state index in [-0.39, 0.29) is 17.5 Å². The number of benzene rings is 1. The predicted molar refractivity (Wildman–Crippen MR) is 82.2 cm³/mol. The van der Waals surface area contributed by atoms with Crippen LogP contribution in [0.1, 0.15) is 50.1 Å². The molecule has 21 heavy (non-hydrogen) atoms. The highest BCUT2D eigenvalue weighted by atomic mass is 19.1. The standard InChI is InChI=1S/C17H26FNO2/c1-19-16(14-12-13(18)8-9-15(14)20-2)17(21-3)10-6-4-5-7-11-17/h8-9,12,16,19H,4-7,10-11H2,1-3H3. The van der Waals surface area contributed by atoms with Crippen molar-refractivity contribution in [3.05, 3.63) is 29.6 Å². The highest BCUT2D eigenvalue weighted by molar-refractivity contribution is 5.38. The maximum absolute atomic E-state index is 13.7. The maximum atomic E-state index is 13.7. The topological polar surface area (TPSA) is 30.5 Å². The van der Waals surface area contributed by atoms with Crippen molar-refractivity contribution in [3.63, 3.8) is 0 Å². The van der Waals surface area contributed by atoms with Crippen LogP contribution in [0.25, 0.3) is 0 Å². The molecule has 1 saturated carbocycles. The number of hydrogen-bond acceptors (Lipinski definition) is 3. The van der Waals surface area contributed by atoms with Crippen LogP contribution in [-0.2, 0) is 4.74 Å². The number of likely N-dealkylation sites (N-methyl/N-ethyl adjacent to an activating group) is 1. The summed E-state index contributed by atoms with van der Waals surface area (Å²) >= 11 is 0. The maximum Gasteiger partial charge on any atom is 0.123 e. The summed E-state index contributed by atoms with van der Waals surface area (Å²) in [5.74, 6) is 0.461. The number of hydrogen-bond donors (Lipinski definition) is 1. The summed E-state index contributed by atoms with van der Waals surface area (Å²) in [5, 5.41) is 3.34. The summed E-state index contributed by atoms with van der Waals surface area (Å²) in [6, 6.07) is 4.61. The van der Waals surface area contributed by atoms with Crippen LogP contribution in [0.5, 0.6) is 5.75 Å². The Morgan fingerprint density at radius 2 is 1.81 bits per heavy atom. The van der Waals surface area contributed by atoms with E-state index in [1.54, 1.807) is 26.4 Å². The fourth-order valence-electron chi connectivity index (χ4n) is 3.57. The van der Waals surface area contributed by atoms with Gasteiger partial charge in [-0.05, 0) is 38.1 Å². The Morgan fingerprint density at radius 1 is 1.14 bits per heavy atom. The second-order valence-corrected chi connectivity index (χ2v) is 5.79. The molecule has 0 heterocycles. The molecule has 1 aliphatic rings. The summed E-state index contributed by atoms with van der Waals surface area (Å²) in [5.41, 5.74) is 0.538. The van der Waals surface area contributed by atoms with E-state index in [4.69, 9.17) is 9.47 Å². The molecule has 118 valence electrons. The van der Waals surface area contributed by atoms with Crippen LogP contribution in [0.15, 0.2) is 18.2 Å². The lowest BCUT2D eigenvalue weighted by atomic mass is 9.82. The molecule has 0 aromatic heterocycles. The first-order valence-electron chi connectivity index (χ1n) is 7.72. The van der Waals surface area contributed by atoms with Gasteiger partial charge < -0.3 is 14.8 Å². The number of rotatable bonds is 5. The Hall–Kier alpha value is -1.13. The van der Waals surface area contributed by atoms with Gasteiger partial charge in [-0.3, -0.25) is 0 Å². The lowest BCUT2D eigenvalue weighted by Gasteiger charge is -2.40. The molecule has 0 spiro atoms. The highest BCUT2D eigenvalue weighted by Gasteiger charge is 2.40. The average molecular weight is 295 g/mol. The van der Waals surface area contributed by atoms with Crippen molar-refractivity contribution >= 4 is 0 Å². The average Bonchev–Trinajstić information content (AvgIpc) is 2.75. The zero-order chi connectivity index (χ0) is 15.3. The predicted octanol–water partition coefficient (Wildman–Crippen LogP) is 3.83. The molecule has 4 heteroatoms. The molecule has 1 aromatic carbocycles. The van der Waals surface area contributed by atoms with Crippen LogP contribution in [0.2, 0.25) is 0 Å². The molecule has 1 unspecified atom stereocenters. The smallest absolute Gasteiger partial charge is 0.123 e. The molecular weight excluding hydrogens is 269 g/mol. The van der Waals surface area contributed by atoms with Crippen LogP contribution < -0.4 is 10.1 Å². The van der Waals surface area contributed by atoms with E-state index in [9.17, 15) is 4.39 Å². The quantitative estimate of drug-likeness (QED) is 0.837. The minimum Gasteiger partial charge on any atom is -0.496 e. The molecule has 1 aliphatic carbocycles. The minimum atomic E-state index is -0.299. The molecule has 1 aromatic rings. The zero-order valence-electron chi connectivity index (χ0n) is 13.2. The van der Waals surface area contributed by atoms with E-state index in [1.807, 2.05) is 7.05 Å². The molecule has 0 amide bonds. The van der Waals surface area contributed by atoms with Crippen molar-refractivity contribution in [2.75, 3.05) is 21.3 Å². The Kier molecular flexibility index (Phi) is 5.59. The molecular formula is C17H26FNO2. The molecule has 1 N–H and O–H groups in total. The van der Waals surface area contributed by atoms with Gasteiger partial charge in [0.1, 0.15) is 11.6 Å². The number of methoxy groups -OCH3 is 2. The molecule has 3 nitrogen and oxygen atoms in total. The van der Waals surface area contributed by atoms with Gasteiger partial charge in [0.25, 0.3) is 0 Å². The minimum absolute atomic E-state index is 0.0775. The monoisotopic (exact) mass is 295 g/mol. The van der Waals surface area contributed by atoms with Gasteiger partial charge in [-0.2, -0.15) is 0 Å². The number of ether oxygens (including phenoxy) is 2. The van der Waals surface area contributed by atoms with Gasteiger partial charge in [-0.25, -0.2) is 4.39 Å². The van der Waals surface area contributed by atoms with Crippen molar-refractivity contribution in [3.8, 4) is 5.75 Å². The largest absolute Gasteiger partial charge is 0.496 e. The van der Waals surface area contributed by atoms with Crippen LogP contribution in [0.4, 0.5) is 4.39 Å². The second kappa shape index (κ2) is 7.23. The molecule has 0 aliphatic heterocycles. The Balaban J connectivity index is 2.43. The molecule has 1 fully saturated rings. The molecule has 0 saturated heterocycles. The summed E-state index contributed by atoms with van der Waals surface area (Å²) in [7, 11) is 5.29. The van der Waals surface area contributed by atoms with Gasteiger partial charge in [-0.1, -0.05) is 25.7 Å². The number of halogens is 1. The molecule has 1 atom stereocenters. The Bertz CT molecular complexity index is 456. The van der Waals surface area contributed by atoms with Crippen molar-refractivity contribution in [1.29, 1.82) is 0 Å². The fourth-order valence-corrected chi connectivity index (χ4v) is 3.57. The van der Waals surface area contributed by atoms with Crippen molar-refractivity contribution in [1.82, 2.24) is 5.32 Å². The third-order valence-electron chi connectivity index (χ3n) is 4.67. The highest BCUT2D eigenvalue weighted by Crippen LogP contribution is 2.42. The SMILES string of the molecule is CNC(c1cc(F)ccc1OC)C1(OC)CCCCCC1. The van der Waals surface area contributed by atoms with Crippen LogP contribution >= 0.6 is 0 Å². The van der Waals surface area contributed by atoms with Gasteiger partial charge >= 0.3 is 0 Å². The van der Waals surface area contributed by atoms with E-state index < -0.39 is 0 Å². The number of nitrogens with one attached hydrogen (secondary N) is 1. The normalized spacial score (nSPS) is 19.8. The van der Waals surface area contributed by atoms with Crippen molar-refractivity contribution in [2.24, 2.45) is 0 Å². The van der Waals surface area contributed by atoms with Crippen LogP contribution in [-0.4, -0.2) is 26.9 Å². The van der Waals surface area contributed by atoms with Gasteiger partial charge in [0, 0.05) is 12.7 Å².